The van der Waals surface area contributed by atoms with Gasteiger partial charge in [0.25, 0.3) is 0 Å². The van der Waals surface area contributed by atoms with Crippen molar-refractivity contribution in [2.45, 2.75) is 52.6 Å². The van der Waals surface area contributed by atoms with Crippen molar-refractivity contribution in [2.24, 2.45) is 17.8 Å². The third kappa shape index (κ3) is 1.65. The molecule has 3 unspecified atom stereocenters. The van der Waals surface area contributed by atoms with Crippen LogP contribution < -0.4 is 0 Å². The first kappa shape index (κ1) is 11.2. The predicted octanol–water partition coefficient (Wildman–Crippen LogP) is 3.79. The Hall–Kier alpha value is -0.300. The maximum atomic E-state index is 6.17. The number of ether oxygens (including phenoxy) is 1. The normalized spacial score (nSPS) is 38.7. The summed E-state index contributed by atoms with van der Waals surface area (Å²) in [5.41, 5.74) is 1.75. The van der Waals surface area contributed by atoms with Gasteiger partial charge in [0.2, 0.25) is 0 Å². The summed E-state index contributed by atoms with van der Waals surface area (Å²) in [5, 5.41) is 0. The van der Waals surface area contributed by atoms with Crippen LogP contribution in [0.25, 0.3) is 0 Å². The molecule has 15 heavy (non-hydrogen) atoms. The zero-order chi connectivity index (χ0) is 11.1. The SMILES string of the molecule is CCC1(CC)OCC2CC(C)=CC(C)C21. The third-order valence-electron chi connectivity index (χ3n) is 4.60. The molecule has 0 saturated carbocycles. The zero-order valence-corrected chi connectivity index (χ0v) is 10.5. The monoisotopic (exact) mass is 208 g/mol. The van der Waals surface area contributed by atoms with Crippen molar-refractivity contribution in [3.8, 4) is 0 Å². The lowest BCUT2D eigenvalue weighted by atomic mass is 9.66. The Labute approximate surface area is 93.9 Å². The van der Waals surface area contributed by atoms with E-state index in [9.17, 15) is 0 Å². The van der Waals surface area contributed by atoms with Crippen LogP contribution in [0.4, 0.5) is 0 Å². The van der Waals surface area contributed by atoms with Gasteiger partial charge in [0.15, 0.2) is 0 Å². The summed E-state index contributed by atoms with van der Waals surface area (Å²) in [6.07, 6.45) is 6.07. The summed E-state index contributed by atoms with van der Waals surface area (Å²) >= 11 is 0. The average Bonchev–Trinajstić information content (AvgIpc) is 2.57. The number of hydrogen-bond acceptors (Lipinski definition) is 1. The third-order valence-corrected chi connectivity index (χ3v) is 4.60. The second-order valence-corrected chi connectivity index (χ2v) is 5.45. The second-order valence-electron chi connectivity index (χ2n) is 5.45. The van der Waals surface area contributed by atoms with Crippen molar-refractivity contribution in [1.82, 2.24) is 0 Å². The molecule has 0 radical (unpaired) electrons. The van der Waals surface area contributed by atoms with Gasteiger partial charge in [-0.25, -0.2) is 0 Å². The van der Waals surface area contributed by atoms with Crippen molar-refractivity contribution < 1.29 is 4.74 Å². The molecular weight excluding hydrogens is 184 g/mol. The fourth-order valence-corrected chi connectivity index (χ4v) is 3.96. The Bertz CT molecular complexity index is 263. The number of rotatable bonds is 2. The fraction of sp³-hybridized carbons (Fsp3) is 0.857. The Kier molecular flexibility index (Phi) is 2.94. The first-order valence-corrected chi connectivity index (χ1v) is 6.44. The van der Waals surface area contributed by atoms with Crippen LogP contribution in [0.15, 0.2) is 11.6 Å². The van der Waals surface area contributed by atoms with Crippen molar-refractivity contribution in [2.75, 3.05) is 6.61 Å². The Morgan fingerprint density at radius 2 is 2.07 bits per heavy atom. The number of allylic oxidation sites excluding steroid dienone is 2. The molecule has 0 N–H and O–H groups in total. The first-order chi connectivity index (χ1) is 7.13. The van der Waals surface area contributed by atoms with Gasteiger partial charge >= 0.3 is 0 Å². The predicted molar refractivity (Wildman–Crippen MR) is 63.8 cm³/mol. The van der Waals surface area contributed by atoms with E-state index in [4.69, 9.17) is 4.74 Å². The summed E-state index contributed by atoms with van der Waals surface area (Å²) in [5.74, 6) is 2.24. The molecule has 0 aromatic rings. The lowest BCUT2D eigenvalue weighted by Crippen LogP contribution is -2.40. The molecule has 2 rings (SSSR count). The smallest absolute Gasteiger partial charge is 0.0714 e. The molecule has 1 nitrogen and oxygen atoms in total. The molecule has 1 saturated heterocycles. The molecule has 86 valence electrons. The topological polar surface area (TPSA) is 9.23 Å². The zero-order valence-electron chi connectivity index (χ0n) is 10.5. The van der Waals surface area contributed by atoms with Crippen LogP contribution in [0.1, 0.15) is 47.0 Å². The molecule has 2 aliphatic rings. The van der Waals surface area contributed by atoms with Crippen LogP contribution in [0.5, 0.6) is 0 Å². The van der Waals surface area contributed by atoms with Crippen LogP contribution in [0.3, 0.4) is 0 Å². The molecule has 1 heteroatoms. The van der Waals surface area contributed by atoms with Gasteiger partial charge < -0.3 is 4.74 Å². The van der Waals surface area contributed by atoms with Gasteiger partial charge in [-0.2, -0.15) is 0 Å². The second kappa shape index (κ2) is 3.93. The van der Waals surface area contributed by atoms with E-state index >= 15 is 0 Å². The first-order valence-electron chi connectivity index (χ1n) is 6.44. The van der Waals surface area contributed by atoms with Gasteiger partial charge in [0.05, 0.1) is 12.2 Å². The van der Waals surface area contributed by atoms with E-state index in [1.807, 2.05) is 0 Å². The molecule has 1 fully saturated rings. The molecule has 3 atom stereocenters. The average molecular weight is 208 g/mol. The Morgan fingerprint density at radius 3 is 2.67 bits per heavy atom. The molecule has 0 aromatic carbocycles. The van der Waals surface area contributed by atoms with E-state index in [-0.39, 0.29) is 5.60 Å². The number of fused-ring (bicyclic) bond motifs is 1. The molecule has 1 aliphatic carbocycles. The lowest BCUT2D eigenvalue weighted by molar-refractivity contribution is -0.0363. The van der Waals surface area contributed by atoms with Gasteiger partial charge in [-0.05, 0) is 43.9 Å². The summed E-state index contributed by atoms with van der Waals surface area (Å²) in [7, 11) is 0. The summed E-state index contributed by atoms with van der Waals surface area (Å²) in [6.45, 7) is 10.2. The Morgan fingerprint density at radius 1 is 1.40 bits per heavy atom. The Balaban J connectivity index is 2.28. The van der Waals surface area contributed by atoms with Crippen molar-refractivity contribution in [3.63, 3.8) is 0 Å². The van der Waals surface area contributed by atoms with Crippen LogP contribution in [-0.4, -0.2) is 12.2 Å². The highest BCUT2D eigenvalue weighted by molar-refractivity contribution is 5.14. The van der Waals surface area contributed by atoms with Crippen LogP contribution >= 0.6 is 0 Å². The summed E-state index contributed by atoms with van der Waals surface area (Å²) in [6, 6.07) is 0. The minimum Gasteiger partial charge on any atom is -0.374 e. The number of hydrogen-bond donors (Lipinski definition) is 0. The minimum atomic E-state index is 0.182. The molecule has 1 aliphatic heterocycles. The molecule has 1 heterocycles. The maximum Gasteiger partial charge on any atom is 0.0714 e. The van der Waals surface area contributed by atoms with E-state index in [2.05, 4.69) is 33.8 Å². The van der Waals surface area contributed by atoms with Gasteiger partial charge in [-0.1, -0.05) is 32.4 Å². The van der Waals surface area contributed by atoms with Gasteiger partial charge in [-0.15, -0.1) is 0 Å². The van der Waals surface area contributed by atoms with E-state index < -0.39 is 0 Å². The van der Waals surface area contributed by atoms with Crippen LogP contribution in [0.2, 0.25) is 0 Å². The van der Waals surface area contributed by atoms with E-state index in [0.717, 1.165) is 18.4 Å². The van der Waals surface area contributed by atoms with Gasteiger partial charge in [0, 0.05) is 0 Å². The van der Waals surface area contributed by atoms with Gasteiger partial charge in [-0.3, -0.25) is 0 Å². The quantitative estimate of drug-likeness (QED) is 0.627. The van der Waals surface area contributed by atoms with Crippen molar-refractivity contribution in [3.05, 3.63) is 11.6 Å². The largest absolute Gasteiger partial charge is 0.374 e. The fourth-order valence-electron chi connectivity index (χ4n) is 3.96. The summed E-state index contributed by atoms with van der Waals surface area (Å²) < 4.78 is 6.17. The lowest BCUT2D eigenvalue weighted by Gasteiger charge is -2.39. The molecule has 0 aromatic heterocycles. The van der Waals surface area contributed by atoms with Crippen LogP contribution in [-0.2, 0) is 4.74 Å². The molecule has 0 bridgehead atoms. The van der Waals surface area contributed by atoms with Crippen LogP contribution in [0, 0.1) is 17.8 Å². The molecule has 0 amide bonds. The van der Waals surface area contributed by atoms with Gasteiger partial charge in [0.1, 0.15) is 0 Å². The molecular formula is C14H24O. The minimum absolute atomic E-state index is 0.182. The van der Waals surface area contributed by atoms with Crippen molar-refractivity contribution >= 4 is 0 Å². The highest BCUT2D eigenvalue weighted by Crippen LogP contribution is 2.50. The highest BCUT2D eigenvalue weighted by atomic mass is 16.5. The highest BCUT2D eigenvalue weighted by Gasteiger charge is 2.50. The summed E-state index contributed by atoms with van der Waals surface area (Å²) in [4.78, 5) is 0. The van der Waals surface area contributed by atoms with E-state index in [1.54, 1.807) is 5.57 Å². The maximum absolute atomic E-state index is 6.17. The van der Waals surface area contributed by atoms with E-state index in [1.165, 1.54) is 19.3 Å². The van der Waals surface area contributed by atoms with E-state index in [0.29, 0.717) is 5.92 Å². The molecule has 0 spiro atoms. The standard InChI is InChI=1S/C14H24O/c1-5-14(6-2)13-11(4)7-10(3)8-12(13)9-15-14/h7,11-13H,5-6,8-9H2,1-4H3. The van der Waals surface area contributed by atoms with Crippen molar-refractivity contribution in [1.29, 1.82) is 0 Å².